The molecular formula is C7H14NO2. The second-order valence-corrected chi connectivity index (χ2v) is 2.47. The first-order chi connectivity index (χ1) is 4.57. The van der Waals surface area contributed by atoms with Crippen LogP contribution in [0.2, 0.25) is 0 Å². The summed E-state index contributed by atoms with van der Waals surface area (Å²) in [5.74, 6) is 0. The largest absolute Gasteiger partial charge is 0.276 e. The summed E-state index contributed by atoms with van der Waals surface area (Å²) in [6, 6.07) is -0.139. The molecule has 0 N–H and O–H groups in total. The Morgan fingerprint density at radius 3 is 2.10 bits per heavy atom. The van der Waals surface area contributed by atoms with Crippen LogP contribution < -0.4 is 0 Å². The van der Waals surface area contributed by atoms with E-state index in [2.05, 4.69) is 6.92 Å². The van der Waals surface area contributed by atoms with Gasteiger partial charge in [0.15, 0.2) is 0 Å². The molecule has 0 aliphatic carbocycles. The SMILES string of the molecule is [CH2]C(C)N(C=O)OC(C)C. The van der Waals surface area contributed by atoms with Crippen LogP contribution in [0.3, 0.4) is 0 Å². The topological polar surface area (TPSA) is 29.5 Å². The first kappa shape index (κ1) is 9.43. The molecule has 0 rings (SSSR count). The summed E-state index contributed by atoms with van der Waals surface area (Å²) in [5.41, 5.74) is 0. The quantitative estimate of drug-likeness (QED) is 0.435. The van der Waals surface area contributed by atoms with Crippen LogP contribution in [0, 0.1) is 6.92 Å². The van der Waals surface area contributed by atoms with Gasteiger partial charge in [-0.1, -0.05) is 0 Å². The van der Waals surface area contributed by atoms with Crippen molar-refractivity contribution in [2.24, 2.45) is 0 Å². The van der Waals surface area contributed by atoms with Crippen molar-refractivity contribution in [3.8, 4) is 0 Å². The Kier molecular flexibility index (Phi) is 4.03. The van der Waals surface area contributed by atoms with Gasteiger partial charge in [0.25, 0.3) is 0 Å². The van der Waals surface area contributed by atoms with Crippen molar-refractivity contribution in [2.45, 2.75) is 32.9 Å². The molecule has 0 saturated heterocycles. The Labute approximate surface area is 61.9 Å². The molecule has 59 valence electrons. The molecule has 0 heterocycles. The molecule has 1 amide bonds. The average Bonchev–Trinajstić information content (AvgIpc) is 1.81. The Bertz CT molecular complexity index is 102. The van der Waals surface area contributed by atoms with E-state index in [-0.39, 0.29) is 12.1 Å². The zero-order valence-corrected chi connectivity index (χ0v) is 6.70. The number of rotatable bonds is 4. The lowest BCUT2D eigenvalue weighted by Gasteiger charge is -2.22. The Hall–Kier alpha value is -0.570. The molecule has 0 fully saturated rings. The summed E-state index contributed by atoms with van der Waals surface area (Å²) in [4.78, 5) is 15.3. The molecule has 0 saturated carbocycles. The summed E-state index contributed by atoms with van der Waals surface area (Å²) in [5, 5.41) is 1.20. The zero-order valence-electron chi connectivity index (χ0n) is 6.70. The van der Waals surface area contributed by atoms with Crippen LogP contribution in [0.15, 0.2) is 0 Å². The van der Waals surface area contributed by atoms with Gasteiger partial charge in [0.1, 0.15) is 0 Å². The molecular weight excluding hydrogens is 130 g/mol. The van der Waals surface area contributed by atoms with Gasteiger partial charge in [-0.05, 0) is 27.7 Å². The van der Waals surface area contributed by atoms with Crippen LogP contribution in [0.4, 0.5) is 0 Å². The van der Waals surface area contributed by atoms with E-state index in [9.17, 15) is 4.79 Å². The lowest BCUT2D eigenvalue weighted by molar-refractivity contribution is -0.195. The Balaban J connectivity index is 3.71. The monoisotopic (exact) mass is 144 g/mol. The molecule has 0 spiro atoms. The third-order valence-corrected chi connectivity index (χ3v) is 0.871. The van der Waals surface area contributed by atoms with E-state index in [1.165, 1.54) is 5.06 Å². The minimum atomic E-state index is -0.139. The Morgan fingerprint density at radius 2 is 2.00 bits per heavy atom. The maximum Gasteiger partial charge on any atom is 0.233 e. The second kappa shape index (κ2) is 4.28. The summed E-state index contributed by atoms with van der Waals surface area (Å²) >= 11 is 0. The fraction of sp³-hybridized carbons (Fsp3) is 0.714. The highest BCUT2D eigenvalue weighted by atomic mass is 16.7. The second-order valence-electron chi connectivity index (χ2n) is 2.47. The van der Waals surface area contributed by atoms with E-state index in [0.29, 0.717) is 6.41 Å². The van der Waals surface area contributed by atoms with Crippen LogP contribution in [0.5, 0.6) is 0 Å². The van der Waals surface area contributed by atoms with Gasteiger partial charge in [-0.25, -0.2) is 5.06 Å². The third-order valence-electron chi connectivity index (χ3n) is 0.871. The fourth-order valence-electron chi connectivity index (χ4n) is 0.476. The van der Waals surface area contributed by atoms with E-state index in [0.717, 1.165) is 0 Å². The molecule has 0 aliphatic rings. The third kappa shape index (κ3) is 3.45. The van der Waals surface area contributed by atoms with Crippen LogP contribution in [0.1, 0.15) is 20.8 Å². The molecule has 0 aromatic heterocycles. The fourth-order valence-corrected chi connectivity index (χ4v) is 0.476. The number of carbonyl (C=O) groups is 1. The van der Waals surface area contributed by atoms with Gasteiger partial charge in [-0.3, -0.25) is 9.63 Å². The number of carbonyl (C=O) groups excluding carboxylic acids is 1. The number of hydrogen-bond acceptors (Lipinski definition) is 2. The minimum absolute atomic E-state index is 0.0226. The van der Waals surface area contributed by atoms with Gasteiger partial charge in [0.2, 0.25) is 6.41 Å². The molecule has 0 aromatic rings. The van der Waals surface area contributed by atoms with Gasteiger partial charge >= 0.3 is 0 Å². The zero-order chi connectivity index (χ0) is 8.15. The van der Waals surface area contributed by atoms with Crippen molar-refractivity contribution >= 4 is 6.41 Å². The highest BCUT2D eigenvalue weighted by molar-refractivity contribution is 5.45. The van der Waals surface area contributed by atoms with Gasteiger partial charge in [0, 0.05) is 0 Å². The smallest absolute Gasteiger partial charge is 0.233 e. The van der Waals surface area contributed by atoms with E-state index in [1.54, 1.807) is 6.92 Å². The van der Waals surface area contributed by atoms with Crippen molar-refractivity contribution in [3.63, 3.8) is 0 Å². The molecule has 1 atom stereocenters. The molecule has 0 aromatic carbocycles. The molecule has 3 nitrogen and oxygen atoms in total. The summed E-state index contributed by atoms with van der Waals surface area (Å²) < 4.78 is 0. The number of nitrogens with zero attached hydrogens (tertiary/aromatic N) is 1. The van der Waals surface area contributed by atoms with Gasteiger partial charge in [0.05, 0.1) is 12.1 Å². The maximum absolute atomic E-state index is 10.2. The van der Waals surface area contributed by atoms with E-state index in [4.69, 9.17) is 4.84 Å². The predicted molar refractivity (Wildman–Crippen MR) is 38.9 cm³/mol. The van der Waals surface area contributed by atoms with Crippen LogP contribution in [-0.2, 0) is 9.63 Å². The molecule has 3 heteroatoms. The normalized spacial score (nSPS) is 10.6. The lowest BCUT2D eigenvalue weighted by atomic mass is 10.4. The molecule has 10 heavy (non-hydrogen) atoms. The highest BCUT2D eigenvalue weighted by Gasteiger charge is 2.07. The highest BCUT2D eigenvalue weighted by Crippen LogP contribution is 1.98. The van der Waals surface area contributed by atoms with Crippen molar-refractivity contribution < 1.29 is 9.63 Å². The number of hydrogen-bond donors (Lipinski definition) is 0. The van der Waals surface area contributed by atoms with E-state index >= 15 is 0 Å². The lowest BCUT2D eigenvalue weighted by Crippen LogP contribution is -2.32. The molecule has 0 bridgehead atoms. The predicted octanol–water partition coefficient (Wildman–Crippen LogP) is 1.01. The van der Waals surface area contributed by atoms with Gasteiger partial charge < -0.3 is 0 Å². The van der Waals surface area contributed by atoms with E-state index < -0.39 is 0 Å². The van der Waals surface area contributed by atoms with Crippen molar-refractivity contribution in [1.82, 2.24) is 5.06 Å². The van der Waals surface area contributed by atoms with Crippen LogP contribution in [0.25, 0.3) is 0 Å². The van der Waals surface area contributed by atoms with Crippen molar-refractivity contribution in [2.75, 3.05) is 0 Å². The van der Waals surface area contributed by atoms with Gasteiger partial charge in [-0.15, -0.1) is 0 Å². The summed E-state index contributed by atoms with van der Waals surface area (Å²) in [6.07, 6.45) is 0.659. The number of amides is 1. The first-order valence-corrected chi connectivity index (χ1v) is 3.31. The Morgan fingerprint density at radius 1 is 1.50 bits per heavy atom. The summed E-state index contributed by atoms with van der Waals surface area (Å²) in [6.45, 7) is 9.14. The molecule has 1 unspecified atom stereocenters. The molecule has 0 aliphatic heterocycles. The maximum atomic E-state index is 10.2. The first-order valence-electron chi connectivity index (χ1n) is 3.31. The van der Waals surface area contributed by atoms with E-state index in [1.807, 2.05) is 13.8 Å². The van der Waals surface area contributed by atoms with Crippen molar-refractivity contribution in [3.05, 3.63) is 6.92 Å². The number of hydroxylamine groups is 2. The van der Waals surface area contributed by atoms with Crippen LogP contribution in [-0.4, -0.2) is 23.6 Å². The average molecular weight is 144 g/mol. The summed E-state index contributed by atoms with van der Waals surface area (Å²) in [7, 11) is 0. The van der Waals surface area contributed by atoms with Crippen LogP contribution >= 0.6 is 0 Å². The van der Waals surface area contributed by atoms with Crippen molar-refractivity contribution in [1.29, 1.82) is 0 Å². The molecule has 1 radical (unpaired) electrons. The standard InChI is InChI=1S/C7H14NO2/c1-6(2)8(5-9)10-7(3)4/h5-7H,1H2,2-4H3. The van der Waals surface area contributed by atoms with Gasteiger partial charge in [-0.2, -0.15) is 0 Å². The minimum Gasteiger partial charge on any atom is -0.276 e.